The zero-order valence-electron chi connectivity index (χ0n) is 9.60. The van der Waals surface area contributed by atoms with Gasteiger partial charge in [0.1, 0.15) is 0 Å². The minimum absolute atomic E-state index is 0.0452. The zero-order chi connectivity index (χ0) is 11.3. The van der Waals surface area contributed by atoms with Crippen molar-refractivity contribution in [2.75, 3.05) is 6.61 Å². The molecule has 0 aromatic carbocycles. The maximum atomic E-state index is 5.62. The number of hydrazine groups is 1. The molecule has 2 atom stereocenters. The number of nitrogens with two attached hydrogens (primary N) is 1. The lowest BCUT2D eigenvalue weighted by atomic mass is 10.1. The van der Waals surface area contributed by atoms with E-state index in [1.165, 1.54) is 0 Å². The van der Waals surface area contributed by atoms with Gasteiger partial charge >= 0.3 is 0 Å². The molecule has 1 rings (SSSR count). The maximum absolute atomic E-state index is 5.62. The Kier molecular flexibility index (Phi) is 4.74. The molecule has 0 saturated carbocycles. The van der Waals surface area contributed by atoms with E-state index >= 15 is 0 Å². The summed E-state index contributed by atoms with van der Waals surface area (Å²) < 4.78 is 7.38. The molecule has 0 bridgehead atoms. The molecule has 3 N–H and O–H groups in total. The highest BCUT2D eigenvalue weighted by Gasteiger charge is 2.22. The predicted octanol–water partition coefficient (Wildman–Crippen LogP) is 0.740. The van der Waals surface area contributed by atoms with E-state index in [2.05, 4.69) is 17.4 Å². The second-order valence-electron chi connectivity index (χ2n) is 3.46. The summed E-state index contributed by atoms with van der Waals surface area (Å²) in [6, 6.07) is 1.91. The Hall–Kier alpha value is -0.910. The van der Waals surface area contributed by atoms with Gasteiger partial charge in [-0.25, -0.2) is 5.43 Å². The number of aryl methyl sites for hydroxylation is 1. The lowest BCUT2D eigenvalue weighted by Crippen LogP contribution is -2.38. The zero-order valence-corrected chi connectivity index (χ0v) is 9.60. The molecule has 0 fully saturated rings. The summed E-state index contributed by atoms with van der Waals surface area (Å²) in [5, 5.41) is 4.33. The fourth-order valence-corrected chi connectivity index (χ4v) is 1.65. The van der Waals surface area contributed by atoms with Crippen LogP contribution in [0.1, 0.15) is 32.0 Å². The molecule has 1 aromatic heterocycles. The maximum Gasteiger partial charge on any atom is 0.0911 e. The summed E-state index contributed by atoms with van der Waals surface area (Å²) in [6.45, 7) is 4.74. The van der Waals surface area contributed by atoms with Gasteiger partial charge in [0.15, 0.2) is 0 Å². The number of hydrogen-bond acceptors (Lipinski definition) is 4. The molecule has 1 heterocycles. The van der Waals surface area contributed by atoms with Gasteiger partial charge in [-0.15, -0.1) is 0 Å². The van der Waals surface area contributed by atoms with Gasteiger partial charge in [0.05, 0.1) is 17.8 Å². The average molecular weight is 212 g/mol. The van der Waals surface area contributed by atoms with Crippen molar-refractivity contribution in [3.05, 3.63) is 18.0 Å². The van der Waals surface area contributed by atoms with Crippen LogP contribution in [-0.2, 0) is 11.8 Å². The van der Waals surface area contributed by atoms with Gasteiger partial charge in [0, 0.05) is 19.9 Å². The van der Waals surface area contributed by atoms with E-state index in [1.54, 1.807) is 4.68 Å². The molecule has 0 spiro atoms. The van der Waals surface area contributed by atoms with E-state index in [9.17, 15) is 0 Å². The summed E-state index contributed by atoms with van der Waals surface area (Å²) in [7, 11) is 1.89. The van der Waals surface area contributed by atoms with Crippen molar-refractivity contribution in [2.45, 2.75) is 32.4 Å². The molecule has 86 valence electrons. The van der Waals surface area contributed by atoms with E-state index in [4.69, 9.17) is 10.6 Å². The number of nitrogens with one attached hydrogen (secondary N) is 1. The lowest BCUT2D eigenvalue weighted by molar-refractivity contribution is 0.0302. The summed E-state index contributed by atoms with van der Waals surface area (Å²) in [5.41, 5.74) is 3.68. The first-order valence-corrected chi connectivity index (χ1v) is 5.30. The summed E-state index contributed by atoms with van der Waals surface area (Å²) in [6.07, 6.45) is 2.87. The number of rotatable bonds is 6. The molecule has 0 saturated heterocycles. The van der Waals surface area contributed by atoms with Crippen LogP contribution in [0.15, 0.2) is 12.3 Å². The smallest absolute Gasteiger partial charge is 0.0911 e. The standard InChI is InChI=1S/C10H20N4O/c1-4-9(15-5-2)10(12-11)8-6-7-14(3)13-8/h6-7,9-10,12H,4-5,11H2,1-3H3. The van der Waals surface area contributed by atoms with Gasteiger partial charge in [-0.05, 0) is 19.4 Å². The molecule has 5 nitrogen and oxygen atoms in total. The topological polar surface area (TPSA) is 65.1 Å². The number of aromatic nitrogens is 2. The Morgan fingerprint density at radius 2 is 2.33 bits per heavy atom. The number of ether oxygens (including phenoxy) is 1. The fourth-order valence-electron chi connectivity index (χ4n) is 1.65. The monoisotopic (exact) mass is 212 g/mol. The second-order valence-corrected chi connectivity index (χ2v) is 3.46. The minimum atomic E-state index is -0.0452. The highest BCUT2D eigenvalue weighted by atomic mass is 16.5. The van der Waals surface area contributed by atoms with E-state index in [-0.39, 0.29) is 12.1 Å². The van der Waals surface area contributed by atoms with E-state index in [1.807, 2.05) is 26.2 Å². The largest absolute Gasteiger partial charge is 0.376 e. The third kappa shape index (κ3) is 3.02. The van der Waals surface area contributed by atoms with Crippen LogP contribution in [0.3, 0.4) is 0 Å². The van der Waals surface area contributed by atoms with E-state index in [0.29, 0.717) is 6.61 Å². The van der Waals surface area contributed by atoms with Crippen LogP contribution in [0.5, 0.6) is 0 Å². The Balaban J connectivity index is 2.76. The Bertz CT molecular complexity index is 287. The summed E-state index contributed by atoms with van der Waals surface area (Å²) in [4.78, 5) is 0. The van der Waals surface area contributed by atoms with Crippen LogP contribution in [0.2, 0.25) is 0 Å². The highest BCUT2D eigenvalue weighted by molar-refractivity contribution is 5.07. The molecular formula is C10H20N4O. The van der Waals surface area contributed by atoms with Crippen molar-refractivity contribution >= 4 is 0 Å². The van der Waals surface area contributed by atoms with Crippen molar-refractivity contribution < 1.29 is 4.74 Å². The SMILES string of the molecule is CCOC(CC)C(NN)c1ccn(C)n1. The van der Waals surface area contributed by atoms with Crippen molar-refractivity contribution in [2.24, 2.45) is 12.9 Å². The molecular weight excluding hydrogens is 192 g/mol. The van der Waals surface area contributed by atoms with Gasteiger partial charge in [-0.1, -0.05) is 6.92 Å². The minimum Gasteiger partial charge on any atom is -0.376 e. The normalized spacial score (nSPS) is 15.2. The highest BCUT2D eigenvalue weighted by Crippen LogP contribution is 2.18. The van der Waals surface area contributed by atoms with Crippen LogP contribution in [0, 0.1) is 0 Å². The van der Waals surface area contributed by atoms with E-state index < -0.39 is 0 Å². The lowest BCUT2D eigenvalue weighted by Gasteiger charge is -2.23. The Morgan fingerprint density at radius 3 is 2.73 bits per heavy atom. The van der Waals surface area contributed by atoms with Crippen LogP contribution in [-0.4, -0.2) is 22.5 Å². The first kappa shape index (κ1) is 12.2. The van der Waals surface area contributed by atoms with Crippen LogP contribution in [0.25, 0.3) is 0 Å². The van der Waals surface area contributed by atoms with Gasteiger partial charge in [0.2, 0.25) is 0 Å². The van der Waals surface area contributed by atoms with Crippen LogP contribution in [0.4, 0.5) is 0 Å². The average Bonchev–Trinajstić information content (AvgIpc) is 2.64. The van der Waals surface area contributed by atoms with Crippen LogP contribution >= 0.6 is 0 Å². The van der Waals surface area contributed by atoms with Gasteiger partial charge in [0.25, 0.3) is 0 Å². The molecule has 15 heavy (non-hydrogen) atoms. The third-order valence-electron chi connectivity index (χ3n) is 2.39. The van der Waals surface area contributed by atoms with Crippen molar-refractivity contribution in [3.8, 4) is 0 Å². The first-order chi connectivity index (χ1) is 7.22. The molecule has 0 radical (unpaired) electrons. The quantitative estimate of drug-likeness (QED) is 0.539. The number of nitrogens with zero attached hydrogens (tertiary/aromatic N) is 2. The van der Waals surface area contributed by atoms with Crippen molar-refractivity contribution in [1.82, 2.24) is 15.2 Å². The van der Waals surface area contributed by atoms with Crippen molar-refractivity contribution in [1.29, 1.82) is 0 Å². The van der Waals surface area contributed by atoms with Gasteiger partial charge in [-0.3, -0.25) is 10.5 Å². The molecule has 0 aliphatic heterocycles. The molecule has 2 unspecified atom stereocenters. The Morgan fingerprint density at radius 1 is 1.60 bits per heavy atom. The second kappa shape index (κ2) is 5.85. The van der Waals surface area contributed by atoms with Gasteiger partial charge in [-0.2, -0.15) is 5.10 Å². The molecule has 0 aliphatic rings. The molecule has 0 amide bonds. The third-order valence-corrected chi connectivity index (χ3v) is 2.39. The molecule has 1 aromatic rings. The van der Waals surface area contributed by atoms with Gasteiger partial charge < -0.3 is 4.74 Å². The van der Waals surface area contributed by atoms with Crippen molar-refractivity contribution in [3.63, 3.8) is 0 Å². The fraction of sp³-hybridized carbons (Fsp3) is 0.700. The molecule has 0 aliphatic carbocycles. The Labute approximate surface area is 90.6 Å². The predicted molar refractivity (Wildman–Crippen MR) is 59.0 cm³/mol. The number of hydrogen-bond donors (Lipinski definition) is 2. The van der Waals surface area contributed by atoms with E-state index in [0.717, 1.165) is 12.1 Å². The molecule has 5 heteroatoms. The first-order valence-electron chi connectivity index (χ1n) is 5.30. The summed E-state index contributed by atoms with van der Waals surface area (Å²) >= 11 is 0. The summed E-state index contributed by atoms with van der Waals surface area (Å²) in [5.74, 6) is 5.54. The van der Waals surface area contributed by atoms with Crippen LogP contribution < -0.4 is 11.3 Å².